The minimum atomic E-state index is -0.0637. The molecule has 15 heavy (non-hydrogen) atoms. The van der Waals surface area contributed by atoms with E-state index < -0.39 is 0 Å². The Morgan fingerprint density at radius 1 is 1.20 bits per heavy atom. The Balaban J connectivity index is 0. The van der Waals surface area contributed by atoms with Gasteiger partial charge in [0.25, 0.3) is 0 Å². The predicted molar refractivity (Wildman–Crippen MR) is 63.7 cm³/mol. The Labute approximate surface area is 92.4 Å². The van der Waals surface area contributed by atoms with Crippen molar-refractivity contribution in [3.05, 3.63) is 30.5 Å². The van der Waals surface area contributed by atoms with Gasteiger partial charge in [-0.1, -0.05) is 33.9 Å². The smallest absolute Gasteiger partial charge is 0.160 e. The number of ketones is 2. The molecule has 0 bridgehead atoms. The van der Waals surface area contributed by atoms with E-state index in [1.54, 1.807) is 6.92 Å². The van der Waals surface area contributed by atoms with Gasteiger partial charge < -0.3 is 0 Å². The summed E-state index contributed by atoms with van der Waals surface area (Å²) in [6, 6.07) is 0. The molecule has 0 aliphatic carbocycles. The topological polar surface area (TPSA) is 34.1 Å². The molecular formula is C13H20O2. The summed E-state index contributed by atoms with van der Waals surface area (Å²) < 4.78 is 0. The molecule has 2 nitrogen and oxygen atoms in total. The summed E-state index contributed by atoms with van der Waals surface area (Å²) in [5.41, 5.74) is 2.98. The molecule has 0 atom stereocenters. The van der Waals surface area contributed by atoms with Crippen LogP contribution in [-0.2, 0) is 9.59 Å². The number of allylic oxidation sites excluding steroid dienone is 2. The minimum absolute atomic E-state index is 0.00926. The van der Waals surface area contributed by atoms with Crippen LogP contribution in [0.3, 0.4) is 0 Å². The lowest BCUT2D eigenvalue weighted by Crippen LogP contribution is -2.14. The largest absolute Gasteiger partial charge is 0.295 e. The van der Waals surface area contributed by atoms with Gasteiger partial charge in [0, 0.05) is 6.08 Å². The molecule has 0 N–H and O–H groups in total. The lowest BCUT2D eigenvalue weighted by molar-refractivity contribution is -0.114. The predicted octanol–water partition coefficient (Wildman–Crippen LogP) is 3.09. The molecule has 0 spiro atoms. The van der Waals surface area contributed by atoms with E-state index in [9.17, 15) is 9.59 Å². The first-order chi connectivity index (χ1) is 6.62. The zero-order valence-corrected chi connectivity index (χ0v) is 10.3. The van der Waals surface area contributed by atoms with Gasteiger partial charge in [0.05, 0.1) is 0 Å². The molecule has 84 valence electrons. The fraction of sp³-hybridized carbons (Fsp3) is 0.462. The number of hydrogen-bond donors (Lipinski definition) is 0. The Hall–Kier alpha value is -1.40. The highest BCUT2D eigenvalue weighted by Gasteiger charge is 2.17. The molecule has 0 aromatic heterocycles. The van der Waals surface area contributed by atoms with E-state index in [1.165, 1.54) is 13.0 Å². The first-order valence-corrected chi connectivity index (χ1v) is 4.69. The minimum Gasteiger partial charge on any atom is -0.295 e. The molecule has 0 aromatic carbocycles. The van der Waals surface area contributed by atoms with Gasteiger partial charge in [-0.2, -0.15) is 0 Å². The second kappa shape index (κ2) is 6.97. The summed E-state index contributed by atoms with van der Waals surface area (Å²) in [5, 5.41) is 0. The lowest BCUT2D eigenvalue weighted by atomic mass is 9.86. The van der Waals surface area contributed by atoms with Gasteiger partial charge in [-0.15, -0.1) is 5.73 Å². The maximum absolute atomic E-state index is 10.7. The molecule has 0 aromatic rings. The maximum Gasteiger partial charge on any atom is 0.160 e. The van der Waals surface area contributed by atoms with Crippen molar-refractivity contribution in [1.82, 2.24) is 0 Å². The molecule has 0 fully saturated rings. The van der Waals surface area contributed by atoms with Crippen LogP contribution in [0.25, 0.3) is 0 Å². The van der Waals surface area contributed by atoms with Crippen LogP contribution in [0.4, 0.5) is 0 Å². The summed E-state index contributed by atoms with van der Waals surface area (Å²) >= 11 is 0. The van der Waals surface area contributed by atoms with Crippen molar-refractivity contribution in [2.24, 2.45) is 5.41 Å². The van der Waals surface area contributed by atoms with Gasteiger partial charge in [-0.05, 0) is 24.8 Å². The van der Waals surface area contributed by atoms with Gasteiger partial charge >= 0.3 is 0 Å². The van der Waals surface area contributed by atoms with Crippen LogP contribution in [0.1, 0.15) is 34.6 Å². The number of carbonyl (C=O) groups excluding carboxylic acids is 2. The van der Waals surface area contributed by atoms with Crippen LogP contribution in [-0.4, -0.2) is 11.6 Å². The zero-order chi connectivity index (χ0) is 12.6. The molecule has 0 heterocycles. The Morgan fingerprint density at radius 3 is 1.60 bits per heavy atom. The fourth-order valence-electron chi connectivity index (χ4n) is 0.672. The summed E-state index contributed by atoms with van der Waals surface area (Å²) in [4.78, 5) is 20.6. The van der Waals surface area contributed by atoms with Crippen molar-refractivity contribution in [2.45, 2.75) is 34.6 Å². The van der Waals surface area contributed by atoms with Crippen LogP contribution in [0.2, 0.25) is 0 Å². The zero-order valence-electron chi connectivity index (χ0n) is 10.3. The summed E-state index contributed by atoms with van der Waals surface area (Å²) in [5.74, 6) is 0.0764. The Kier molecular flexibility index (Phi) is 7.45. The SMILES string of the molecule is C=C(C(C)=O)C(C)(C)C.C=C=CC(C)=O. The van der Waals surface area contributed by atoms with Crippen molar-refractivity contribution in [3.8, 4) is 0 Å². The molecule has 0 radical (unpaired) electrons. The molecule has 0 saturated heterocycles. The maximum atomic E-state index is 10.7. The third-order valence-corrected chi connectivity index (χ3v) is 1.64. The molecule has 0 aliphatic rings. The molecular weight excluding hydrogens is 188 g/mol. The van der Waals surface area contributed by atoms with Crippen LogP contribution in [0.5, 0.6) is 0 Å². The number of rotatable bonds is 2. The van der Waals surface area contributed by atoms with E-state index in [0.29, 0.717) is 5.57 Å². The van der Waals surface area contributed by atoms with E-state index >= 15 is 0 Å². The van der Waals surface area contributed by atoms with Gasteiger partial charge in [0.15, 0.2) is 11.6 Å². The third kappa shape index (κ3) is 10.5. The van der Waals surface area contributed by atoms with Gasteiger partial charge in [-0.3, -0.25) is 9.59 Å². The second-order valence-electron chi connectivity index (χ2n) is 4.24. The van der Waals surface area contributed by atoms with E-state index in [-0.39, 0.29) is 17.0 Å². The van der Waals surface area contributed by atoms with Crippen LogP contribution in [0.15, 0.2) is 30.5 Å². The fourth-order valence-corrected chi connectivity index (χ4v) is 0.672. The molecule has 0 unspecified atom stereocenters. The number of Topliss-reactive ketones (excluding diaryl/α,β-unsaturated/α-hetero) is 1. The van der Waals surface area contributed by atoms with E-state index in [2.05, 4.69) is 18.9 Å². The van der Waals surface area contributed by atoms with Crippen molar-refractivity contribution in [1.29, 1.82) is 0 Å². The second-order valence-corrected chi connectivity index (χ2v) is 4.24. The highest BCUT2D eigenvalue weighted by molar-refractivity contribution is 5.93. The molecule has 0 aliphatic heterocycles. The Morgan fingerprint density at radius 2 is 1.60 bits per heavy atom. The molecule has 0 saturated carbocycles. The van der Waals surface area contributed by atoms with Crippen LogP contribution < -0.4 is 0 Å². The van der Waals surface area contributed by atoms with E-state index in [0.717, 1.165) is 0 Å². The average Bonchev–Trinajstić information content (AvgIpc) is 2.01. The van der Waals surface area contributed by atoms with Gasteiger partial charge in [-0.25, -0.2) is 0 Å². The monoisotopic (exact) mass is 208 g/mol. The molecule has 0 amide bonds. The number of hydrogen-bond acceptors (Lipinski definition) is 2. The van der Waals surface area contributed by atoms with Crippen molar-refractivity contribution < 1.29 is 9.59 Å². The average molecular weight is 208 g/mol. The molecule has 2 heteroatoms. The summed E-state index contributed by atoms with van der Waals surface area (Å²) in [7, 11) is 0. The summed E-state index contributed by atoms with van der Waals surface area (Å²) in [6.07, 6.45) is 1.29. The number of carbonyl (C=O) groups is 2. The molecule has 0 rings (SSSR count). The standard InChI is InChI=1S/C8H14O.C5H6O/c1-6(7(2)9)8(3,4)5;1-3-4-5(2)6/h1H2,2-5H3;4H,1H2,2H3. The normalized spacial score (nSPS) is 9.13. The first-order valence-electron chi connectivity index (χ1n) is 4.69. The van der Waals surface area contributed by atoms with Crippen molar-refractivity contribution in [2.75, 3.05) is 0 Å². The van der Waals surface area contributed by atoms with Crippen LogP contribution >= 0.6 is 0 Å². The third-order valence-electron chi connectivity index (χ3n) is 1.64. The first kappa shape index (κ1) is 16.0. The van der Waals surface area contributed by atoms with E-state index in [4.69, 9.17) is 0 Å². The van der Waals surface area contributed by atoms with E-state index in [1.807, 2.05) is 20.8 Å². The Bertz CT molecular complexity index is 297. The summed E-state index contributed by atoms with van der Waals surface area (Å²) in [6.45, 7) is 15.8. The van der Waals surface area contributed by atoms with Crippen molar-refractivity contribution >= 4 is 11.6 Å². The van der Waals surface area contributed by atoms with Gasteiger partial charge in [0.2, 0.25) is 0 Å². The highest BCUT2D eigenvalue weighted by Crippen LogP contribution is 2.23. The van der Waals surface area contributed by atoms with Gasteiger partial charge in [0.1, 0.15) is 0 Å². The van der Waals surface area contributed by atoms with Crippen molar-refractivity contribution in [3.63, 3.8) is 0 Å². The lowest BCUT2D eigenvalue weighted by Gasteiger charge is -2.18. The quantitative estimate of drug-likeness (QED) is 0.516. The van der Waals surface area contributed by atoms with Crippen LogP contribution in [0, 0.1) is 5.41 Å². The highest BCUT2D eigenvalue weighted by atomic mass is 16.1.